The van der Waals surface area contributed by atoms with Crippen LogP contribution in [0.25, 0.3) is 11.0 Å². The Balaban J connectivity index is 1.26. The predicted octanol–water partition coefficient (Wildman–Crippen LogP) is 2.63. The lowest BCUT2D eigenvalue weighted by Gasteiger charge is -2.07. The Bertz CT molecular complexity index is 939. The zero-order valence-electron chi connectivity index (χ0n) is 16.1. The van der Waals surface area contributed by atoms with Crippen LogP contribution in [-0.4, -0.2) is 33.3 Å². The summed E-state index contributed by atoms with van der Waals surface area (Å²) in [5.41, 5.74) is 2.16. The maximum absolute atomic E-state index is 13.4. The minimum absolute atomic E-state index is 0.0411. The van der Waals surface area contributed by atoms with Crippen LogP contribution in [0.15, 0.2) is 42.6 Å². The fraction of sp³-hybridized carbons (Fsp3) is 0.333. The van der Waals surface area contributed by atoms with Gasteiger partial charge in [0.2, 0.25) is 11.8 Å². The number of aromatic nitrogens is 3. The highest BCUT2D eigenvalue weighted by molar-refractivity contribution is 5.96. The number of carbonyl (C=O) groups is 2. The fourth-order valence-corrected chi connectivity index (χ4v) is 2.95. The zero-order valence-corrected chi connectivity index (χ0v) is 16.1. The number of fused-ring (bicyclic) bond motifs is 1. The molecule has 1 aromatic carbocycles. The first-order valence-electron chi connectivity index (χ1n) is 9.68. The molecule has 2 amide bonds. The molecule has 29 heavy (non-hydrogen) atoms. The largest absolute Gasteiger partial charge is 0.356 e. The van der Waals surface area contributed by atoms with Crippen LogP contribution in [0.3, 0.4) is 0 Å². The molecule has 3 aromatic rings. The van der Waals surface area contributed by atoms with E-state index in [1.54, 1.807) is 0 Å². The van der Waals surface area contributed by atoms with Crippen LogP contribution in [-0.2, 0) is 22.6 Å². The summed E-state index contributed by atoms with van der Waals surface area (Å²) in [4.78, 5) is 35.3. The second kappa shape index (κ2) is 10.3. The molecule has 0 aliphatic carbocycles. The molecule has 0 spiro atoms. The van der Waals surface area contributed by atoms with E-state index in [4.69, 9.17) is 0 Å². The summed E-state index contributed by atoms with van der Waals surface area (Å²) in [5.74, 6) is -0.324. The van der Waals surface area contributed by atoms with E-state index in [2.05, 4.69) is 25.6 Å². The van der Waals surface area contributed by atoms with Crippen molar-refractivity contribution in [3.05, 3.63) is 59.9 Å². The van der Waals surface area contributed by atoms with Gasteiger partial charge >= 0.3 is 0 Å². The average Bonchev–Trinajstić information content (AvgIpc) is 3.13. The molecule has 0 atom stereocenters. The molecule has 2 heterocycles. The molecule has 7 nitrogen and oxygen atoms in total. The number of H-pyrrole nitrogens is 1. The van der Waals surface area contributed by atoms with Crippen molar-refractivity contribution >= 4 is 22.8 Å². The first-order chi connectivity index (χ1) is 14.1. The van der Waals surface area contributed by atoms with E-state index in [0.29, 0.717) is 6.54 Å². The van der Waals surface area contributed by atoms with Gasteiger partial charge in [-0.2, -0.15) is 0 Å². The molecule has 0 aliphatic heterocycles. The second-order valence-corrected chi connectivity index (χ2v) is 6.75. The maximum atomic E-state index is 13.4. The molecule has 3 rings (SSSR count). The van der Waals surface area contributed by atoms with Crippen molar-refractivity contribution in [1.29, 1.82) is 0 Å². The molecule has 2 aromatic heterocycles. The van der Waals surface area contributed by atoms with E-state index in [1.165, 1.54) is 18.3 Å². The van der Waals surface area contributed by atoms with E-state index < -0.39 is 11.7 Å². The lowest BCUT2D eigenvalue weighted by Crippen LogP contribution is -2.32. The van der Waals surface area contributed by atoms with E-state index in [1.807, 2.05) is 24.3 Å². The Morgan fingerprint density at radius 2 is 1.83 bits per heavy atom. The number of nitrogens with zero attached hydrogens (tertiary/aromatic N) is 2. The first kappa shape index (κ1) is 20.4. The average molecular weight is 397 g/mol. The Morgan fingerprint density at radius 3 is 2.66 bits per heavy atom. The molecular formula is C21H24FN5O2. The van der Waals surface area contributed by atoms with Crippen LogP contribution in [0.1, 0.15) is 37.2 Å². The number of unbranched alkanes of at least 4 members (excludes halogenated alkanes) is 2. The summed E-state index contributed by atoms with van der Waals surface area (Å²) in [7, 11) is 0. The number of para-hydroxylation sites is 2. The number of aromatic amines is 1. The van der Waals surface area contributed by atoms with E-state index in [9.17, 15) is 14.0 Å². The topological polar surface area (TPSA) is 99.8 Å². The molecule has 3 N–H and O–H groups in total. The summed E-state index contributed by atoms with van der Waals surface area (Å²) in [6.07, 6.45) is 4.76. The minimum atomic E-state index is -0.486. The highest BCUT2D eigenvalue weighted by atomic mass is 19.1. The van der Waals surface area contributed by atoms with Gasteiger partial charge in [0.25, 0.3) is 0 Å². The zero-order chi connectivity index (χ0) is 20.5. The van der Waals surface area contributed by atoms with E-state index in [0.717, 1.165) is 42.5 Å². The normalized spacial score (nSPS) is 10.8. The Morgan fingerprint density at radius 1 is 1.00 bits per heavy atom. The van der Waals surface area contributed by atoms with Gasteiger partial charge in [-0.15, -0.1) is 0 Å². The fourth-order valence-electron chi connectivity index (χ4n) is 2.95. The first-order valence-corrected chi connectivity index (χ1v) is 9.68. The highest BCUT2D eigenvalue weighted by Gasteiger charge is 2.10. The van der Waals surface area contributed by atoms with Crippen molar-refractivity contribution in [2.45, 2.75) is 38.6 Å². The number of carbonyl (C=O) groups excluding carboxylic acids is 2. The number of hydrogen-bond acceptors (Lipinski definition) is 4. The quantitative estimate of drug-likeness (QED) is 0.362. The number of nitrogens with one attached hydrogen (secondary N) is 3. The van der Waals surface area contributed by atoms with Gasteiger partial charge in [-0.1, -0.05) is 18.6 Å². The summed E-state index contributed by atoms with van der Waals surface area (Å²) in [6, 6.07) is 10.7. The number of benzene rings is 1. The SMILES string of the molecule is O=C(CC(=O)NCc1ncccc1F)NCCCCCc1nc2ccccc2[nH]1. The van der Waals surface area contributed by atoms with Crippen molar-refractivity contribution in [3.63, 3.8) is 0 Å². The van der Waals surface area contributed by atoms with E-state index in [-0.39, 0.29) is 24.6 Å². The van der Waals surface area contributed by atoms with E-state index >= 15 is 0 Å². The third-order valence-electron chi connectivity index (χ3n) is 4.46. The van der Waals surface area contributed by atoms with Crippen LogP contribution in [0.5, 0.6) is 0 Å². The molecule has 0 saturated carbocycles. The van der Waals surface area contributed by atoms with Crippen molar-refractivity contribution in [2.75, 3.05) is 6.54 Å². The van der Waals surface area contributed by atoms with Gasteiger partial charge in [-0.05, 0) is 37.1 Å². The van der Waals surface area contributed by atoms with Crippen LogP contribution in [0.2, 0.25) is 0 Å². The molecular weight excluding hydrogens is 373 g/mol. The molecule has 0 unspecified atom stereocenters. The summed E-state index contributed by atoms with van der Waals surface area (Å²) < 4.78 is 13.4. The predicted molar refractivity (Wildman–Crippen MR) is 107 cm³/mol. The number of rotatable bonds is 10. The van der Waals surface area contributed by atoms with Crippen molar-refractivity contribution in [2.24, 2.45) is 0 Å². The number of pyridine rings is 1. The number of hydrogen-bond donors (Lipinski definition) is 3. The molecule has 0 fully saturated rings. The van der Waals surface area contributed by atoms with Gasteiger partial charge < -0.3 is 15.6 Å². The van der Waals surface area contributed by atoms with Crippen molar-refractivity contribution in [1.82, 2.24) is 25.6 Å². The van der Waals surface area contributed by atoms with Crippen LogP contribution in [0.4, 0.5) is 4.39 Å². The Labute approximate surface area is 168 Å². The standard InChI is InChI=1S/C21H24FN5O2/c22-15-7-6-12-23-18(15)14-25-21(29)13-20(28)24-11-5-1-2-10-19-26-16-8-3-4-9-17(16)27-19/h3-4,6-9,12H,1-2,5,10-11,13-14H2,(H,24,28)(H,25,29)(H,26,27). The molecule has 0 aliphatic rings. The maximum Gasteiger partial charge on any atom is 0.229 e. The number of imidazole rings is 1. The van der Waals surface area contributed by atoms with Gasteiger partial charge in [0.05, 0.1) is 23.3 Å². The molecule has 152 valence electrons. The third-order valence-corrected chi connectivity index (χ3v) is 4.46. The number of aryl methyl sites for hydroxylation is 1. The van der Waals surface area contributed by atoms with Gasteiger partial charge in [0, 0.05) is 19.2 Å². The molecule has 0 bridgehead atoms. The third kappa shape index (κ3) is 6.38. The monoisotopic (exact) mass is 397 g/mol. The summed E-state index contributed by atoms with van der Waals surface area (Å²) in [6.45, 7) is 0.474. The molecule has 0 radical (unpaired) electrons. The molecule has 0 saturated heterocycles. The van der Waals surface area contributed by atoms with Crippen molar-refractivity contribution < 1.29 is 14.0 Å². The highest BCUT2D eigenvalue weighted by Crippen LogP contribution is 2.12. The van der Waals surface area contributed by atoms with Gasteiger partial charge in [0.15, 0.2) is 0 Å². The van der Waals surface area contributed by atoms with Gasteiger partial charge in [-0.3, -0.25) is 14.6 Å². The Kier molecular flexibility index (Phi) is 7.27. The van der Waals surface area contributed by atoms with Crippen molar-refractivity contribution in [3.8, 4) is 0 Å². The summed E-state index contributed by atoms with van der Waals surface area (Å²) >= 11 is 0. The summed E-state index contributed by atoms with van der Waals surface area (Å²) in [5, 5.41) is 5.23. The van der Waals surface area contributed by atoms with Gasteiger partial charge in [0.1, 0.15) is 18.1 Å². The second-order valence-electron chi connectivity index (χ2n) is 6.75. The Hall–Kier alpha value is -3.29. The minimum Gasteiger partial charge on any atom is -0.356 e. The van der Waals surface area contributed by atoms with Crippen LogP contribution >= 0.6 is 0 Å². The smallest absolute Gasteiger partial charge is 0.229 e. The lowest BCUT2D eigenvalue weighted by atomic mass is 10.2. The van der Waals surface area contributed by atoms with Gasteiger partial charge in [-0.25, -0.2) is 9.37 Å². The van der Waals surface area contributed by atoms with Crippen LogP contribution in [0, 0.1) is 5.82 Å². The number of halogens is 1. The number of amides is 2. The van der Waals surface area contributed by atoms with Crippen LogP contribution < -0.4 is 10.6 Å². The lowest BCUT2D eigenvalue weighted by molar-refractivity contribution is -0.129. The molecule has 8 heteroatoms.